The van der Waals surface area contributed by atoms with Gasteiger partial charge in [0, 0.05) is 25.4 Å². The first-order chi connectivity index (χ1) is 9.72. The normalized spacial score (nSPS) is 16.3. The molecule has 1 fully saturated rings. The molecule has 0 bridgehead atoms. The van der Waals surface area contributed by atoms with Crippen molar-refractivity contribution in [2.24, 2.45) is 10.9 Å². The van der Waals surface area contributed by atoms with Crippen molar-refractivity contribution in [3.63, 3.8) is 0 Å². The molecule has 0 atom stereocenters. The molecule has 0 aromatic carbocycles. The molecule has 1 rings (SSSR count). The average molecular weight is 429 g/mol. The fourth-order valence-electron chi connectivity index (χ4n) is 2.26. The summed E-state index contributed by atoms with van der Waals surface area (Å²) >= 11 is 1.80. The Bertz CT molecular complexity index is 321. The highest BCUT2D eigenvalue weighted by atomic mass is 127. The van der Waals surface area contributed by atoms with E-state index in [1.54, 1.807) is 11.8 Å². The Morgan fingerprint density at radius 2 is 2.05 bits per heavy atom. The summed E-state index contributed by atoms with van der Waals surface area (Å²) in [5.74, 6) is 2.02. The van der Waals surface area contributed by atoms with Gasteiger partial charge in [0.15, 0.2) is 5.96 Å². The molecule has 1 N–H and O–H groups in total. The molecule has 0 amide bonds. The topological polar surface area (TPSA) is 53.9 Å². The molecule has 0 spiro atoms. The van der Waals surface area contributed by atoms with Crippen LogP contribution in [0, 0.1) is 5.92 Å². The first-order valence-electron chi connectivity index (χ1n) is 7.41. The fraction of sp³-hybridized carbons (Fsp3) is 0.857. The second-order valence-electron chi connectivity index (χ2n) is 4.74. The van der Waals surface area contributed by atoms with Gasteiger partial charge in [-0.25, -0.2) is 0 Å². The summed E-state index contributed by atoms with van der Waals surface area (Å²) in [6.45, 7) is 7.85. The Morgan fingerprint density at radius 1 is 1.38 bits per heavy atom. The second-order valence-corrected chi connectivity index (χ2v) is 5.73. The quantitative estimate of drug-likeness (QED) is 0.231. The smallest absolute Gasteiger partial charge is 0.309 e. The summed E-state index contributed by atoms with van der Waals surface area (Å²) in [6, 6.07) is 0. The molecule has 1 saturated heterocycles. The molecule has 1 heterocycles. The summed E-state index contributed by atoms with van der Waals surface area (Å²) in [5.41, 5.74) is 0. The van der Waals surface area contributed by atoms with E-state index in [-0.39, 0.29) is 35.9 Å². The molecule has 0 aromatic rings. The summed E-state index contributed by atoms with van der Waals surface area (Å²) < 4.78 is 5.10. The van der Waals surface area contributed by atoms with Gasteiger partial charge in [0.1, 0.15) is 0 Å². The number of piperidine rings is 1. The monoisotopic (exact) mass is 429 g/mol. The van der Waals surface area contributed by atoms with E-state index in [4.69, 9.17) is 4.74 Å². The van der Waals surface area contributed by atoms with Crippen molar-refractivity contribution < 1.29 is 9.53 Å². The number of rotatable bonds is 6. The van der Waals surface area contributed by atoms with E-state index in [9.17, 15) is 4.79 Å². The Kier molecular flexibility index (Phi) is 12.3. The van der Waals surface area contributed by atoms with Gasteiger partial charge in [-0.15, -0.1) is 24.0 Å². The molecule has 1 aliphatic heterocycles. The molecule has 0 aromatic heterocycles. The highest BCUT2D eigenvalue weighted by molar-refractivity contribution is 14.0. The maximum atomic E-state index is 11.7. The number of nitrogens with one attached hydrogen (secondary N) is 1. The lowest BCUT2D eigenvalue weighted by molar-refractivity contribution is -0.149. The average Bonchev–Trinajstić information content (AvgIpc) is 2.47. The summed E-state index contributed by atoms with van der Waals surface area (Å²) in [4.78, 5) is 18.6. The molecule has 5 nitrogen and oxygen atoms in total. The van der Waals surface area contributed by atoms with Gasteiger partial charge in [0.05, 0.1) is 19.1 Å². The van der Waals surface area contributed by atoms with Gasteiger partial charge in [0.2, 0.25) is 0 Å². The van der Waals surface area contributed by atoms with Crippen LogP contribution in [0.4, 0.5) is 0 Å². The van der Waals surface area contributed by atoms with Gasteiger partial charge in [-0.3, -0.25) is 9.79 Å². The maximum Gasteiger partial charge on any atom is 0.309 e. The largest absolute Gasteiger partial charge is 0.466 e. The van der Waals surface area contributed by atoms with Crippen LogP contribution >= 0.6 is 35.7 Å². The lowest BCUT2D eigenvalue weighted by atomic mass is 9.97. The number of nitrogens with zero attached hydrogens (tertiary/aromatic N) is 2. The van der Waals surface area contributed by atoms with Crippen LogP contribution in [0.5, 0.6) is 0 Å². The van der Waals surface area contributed by atoms with Gasteiger partial charge >= 0.3 is 5.97 Å². The summed E-state index contributed by atoms with van der Waals surface area (Å²) in [5, 5.41) is 3.33. The van der Waals surface area contributed by atoms with Gasteiger partial charge in [0.25, 0.3) is 0 Å². The molecule has 0 radical (unpaired) electrons. The van der Waals surface area contributed by atoms with Crippen molar-refractivity contribution >= 4 is 47.7 Å². The van der Waals surface area contributed by atoms with Crippen molar-refractivity contribution in [2.75, 3.05) is 44.8 Å². The van der Waals surface area contributed by atoms with Gasteiger partial charge < -0.3 is 15.0 Å². The van der Waals surface area contributed by atoms with E-state index in [0.29, 0.717) is 6.61 Å². The van der Waals surface area contributed by atoms with Crippen LogP contribution in [0.25, 0.3) is 0 Å². The third-order valence-electron chi connectivity index (χ3n) is 3.31. The third kappa shape index (κ3) is 7.58. The standard InChI is InChI=1S/C14H27N3O2S.HI/c1-4-15-14(16-8-11-20-3)17-9-6-12(7-10-17)13(18)19-5-2;/h12H,4-11H2,1-3H3,(H,15,16);1H. The number of thioether (sulfide) groups is 1. The van der Waals surface area contributed by atoms with Gasteiger partial charge in [-0.1, -0.05) is 0 Å². The minimum absolute atomic E-state index is 0. The molecular formula is C14H28IN3O2S. The van der Waals surface area contributed by atoms with E-state index < -0.39 is 0 Å². The van der Waals surface area contributed by atoms with Crippen molar-refractivity contribution in [2.45, 2.75) is 26.7 Å². The predicted molar refractivity (Wildman–Crippen MR) is 101 cm³/mol. The molecule has 0 aliphatic carbocycles. The molecular weight excluding hydrogens is 401 g/mol. The van der Waals surface area contributed by atoms with Crippen LogP contribution in [0.15, 0.2) is 4.99 Å². The number of hydrogen-bond donors (Lipinski definition) is 1. The van der Waals surface area contributed by atoms with Crippen molar-refractivity contribution in [3.8, 4) is 0 Å². The number of ether oxygens (including phenoxy) is 1. The number of halogens is 1. The van der Waals surface area contributed by atoms with E-state index in [0.717, 1.165) is 50.7 Å². The third-order valence-corrected chi connectivity index (χ3v) is 3.90. The first kappa shape index (κ1) is 20.8. The van der Waals surface area contributed by atoms with Crippen LogP contribution in [0.3, 0.4) is 0 Å². The molecule has 0 saturated carbocycles. The van der Waals surface area contributed by atoms with Gasteiger partial charge in [-0.2, -0.15) is 11.8 Å². The molecule has 0 unspecified atom stereocenters. The SMILES string of the molecule is CCNC(=NCCSC)N1CCC(C(=O)OCC)CC1.I. The first-order valence-corrected chi connectivity index (χ1v) is 8.81. The molecule has 1 aliphatic rings. The number of carbonyl (C=O) groups is 1. The van der Waals surface area contributed by atoms with Crippen LogP contribution in [-0.4, -0.2) is 61.6 Å². The number of hydrogen-bond acceptors (Lipinski definition) is 4. The van der Waals surface area contributed by atoms with E-state index in [2.05, 4.69) is 28.4 Å². The number of carbonyl (C=O) groups excluding carboxylic acids is 1. The number of likely N-dealkylation sites (tertiary alicyclic amines) is 1. The minimum Gasteiger partial charge on any atom is -0.466 e. The van der Waals surface area contributed by atoms with Gasteiger partial charge in [-0.05, 0) is 32.9 Å². The number of esters is 1. The Balaban J connectivity index is 0.00000400. The van der Waals surface area contributed by atoms with Crippen molar-refractivity contribution in [1.82, 2.24) is 10.2 Å². The Hall–Kier alpha value is -0.180. The number of guanidine groups is 1. The lowest BCUT2D eigenvalue weighted by Gasteiger charge is -2.33. The zero-order chi connectivity index (χ0) is 14.8. The molecule has 124 valence electrons. The summed E-state index contributed by atoms with van der Waals surface area (Å²) in [7, 11) is 0. The number of aliphatic imine (C=N–C) groups is 1. The van der Waals surface area contributed by atoms with Crippen molar-refractivity contribution in [1.29, 1.82) is 0 Å². The maximum absolute atomic E-state index is 11.7. The van der Waals surface area contributed by atoms with Crippen LogP contribution < -0.4 is 5.32 Å². The van der Waals surface area contributed by atoms with Crippen LogP contribution in [0.2, 0.25) is 0 Å². The highest BCUT2D eigenvalue weighted by Gasteiger charge is 2.27. The zero-order valence-corrected chi connectivity index (χ0v) is 16.4. The van der Waals surface area contributed by atoms with E-state index in [1.165, 1.54) is 0 Å². The zero-order valence-electron chi connectivity index (χ0n) is 13.3. The Morgan fingerprint density at radius 3 is 2.57 bits per heavy atom. The van der Waals surface area contributed by atoms with Crippen LogP contribution in [0.1, 0.15) is 26.7 Å². The lowest BCUT2D eigenvalue weighted by Crippen LogP contribution is -2.46. The van der Waals surface area contributed by atoms with Crippen LogP contribution in [-0.2, 0) is 9.53 Å². The summed E-state index contributed by atoms with van der Waals surface area (Å²) in [6.07, 6.45) is 3.80. The molecule has 21 heavy (non-hydrogen) atoms. The highest BCUT2D eigenvalue weighted by Crippen LogP contribution is 2.18. The Labute approximate surface area is 149 Å². The van der Waals surface area contributed by atoms with E-state index >= 15 is 0 Å². The molecule has 7 heteroatoms. The second kappa shape index (κ2) is 12.4. The predicted octanol–water partition coefficient (Wildman–Crippen LogP) is 2.21. The van der Waals surface area contributed by atoms with E-state index in [1.807, 2.05) is 6.92 Å². The fourth-order valence-corrected chi connectivity index (χ4v) is 2.53. The van der Waals surface area contributed by atoms with Crippen molar-refractivity contribution in [3.05, 3.63) is 0 Å². The minimum atomic E-state index is -0.0449.